The molecule has 1 N–H and O–H groups in total. The zero-order valence-corrected chi connectivity index (χ0v) is 15.3. The number of carbonyl (C=O) groups is 2. The predicted octanol–water partition coefficient (Wildman–Crippen LogP) is 2.86. The van der Waals surface area contributed by atoms with Crippen LogP contribution in [0.4, 0.5) is 5.69 Å². The molecule has 7 nitrogen and oxygen atoms in total. The average molecular weight is 377 g/mol. The third-order valence-corrected chi connectivity index (χ3v) is 4.75. The standard InChI is InChI=1S/C21H19N3O4/c1-14-5-7-15(8-6-14)10-23-13-22-9-16(23)11-24-18-4-2-3-17(21(26)27)20(18)28-12-19(24)25/h2-9,13H,10-12H2,1H3,(H,26,27). The number of hydrogen-bond acceptors (Lipinski definition) is 4. The lowest BCUT2D eigenvalue weighted by atomic mass is 10.1. The number of rotatable bonds is 5. The first-order valence-corrected chi connectivity index (χ1v) is 8.87. The van der Waals surface area contributed by atoms with Crippen molar-refractivity contribution in [3.63, 3.8) is 0 Å². The van der Waals surface area contributed by atoms with Gasteiger partial charge in [-0.3, -0.25) is 9.69 Å². The van der Waals surface area contributed by atoms with Crippen LogP contribution in [0.1, 0.15) is 27.2 Å². The van der Waals surface area contributed by atoms with Crippen molar-refractivity contribution in [2.75, 3.05) is 11.5 Å². The Morgan fingerprint density at radius 2 is 1.96 bits per heavy atom. The molecule has 1 amide bonds. The molecule has 2 heterocycles. The Balaban J connectivity index is 1.63. The van der Waals surface area contributed by atoms with Gasteiger partial charge in [0.15, 0.2) is 12.4 Å². The molecule has 0 atom stereocenters. The number of carboxylic acids is 1. The second-order valence-electron chi connectivity index (χ2n) is 6.73. The molecular weight excluding hydrogens is 358 g/mol. The fraction of sp³-hybridized carbons (Fsp3) is 0.190. The van der Waals surface area contributed by atoms with Gasteiger partial charge in [0.1, 0.15) is 5.56 Å². The Labute approximate surface area is 161 Å². The summed E-state index contributed by atoms with van der Waals surface area (Å²) in [6.45, 7) is 2.77. The van der Waals surface area contributed by atoms with Crippen LogP contribution in [0.3, 0.4) is 0 Å². The molecule has 2 aromatic carbocycles. The first-order chi connectivity index (χ1) is 13.5. The molecule has 0 saturated heterocycles. The summed E-state index contributed by atoms with van der Waals surface area (Å²) in [6, 6.07) is 13.0. The number of fused-ring (bicyclic) bond motifs is 1. The maximum atomic E-state index is 12.5. The molecule has 1 aliphatic rings. The fourth-order valence-corrected chi connectivity index (χ4v) is 3.25. The van der Waals surface area contributed by atoms with Gasteiger partial charge in [0.2, 0.25) is 0 Å². The van der Waals surface area contributed by atoms with Crippen molar-refractivity contribution < 1.29 is 19.4 Å². The van der Waals surface area contributed by atoms with E-state index in [0.717, 1.165) is 11.3 Å². The topological polar surface area (TPSA) is 84.7 Å². The van der Waals surface area contributed by atoms with Crippen LogP contribution in [0.2, 0.25) is 0 Å². The molecule has 1 aliphatic heterocycles. The molecule has 142 valence electrons. The van der Waals surface area contributed by atoms with Crippen molar-refractivity contribution in [2.24, 2.45) is 0 Å². The number of carboxylic acid groups (broad SMARTS) is 1. The second-order valence-corrected chi connectivity index (χ2v) is 6.73. The molecule has 0 spiro atoms. The lowest BCUT2D eigenvalue weighted by Gasteiger charge is -2.30. The highest BCUT2D eigenvalue weighted by atomic mass is 16.5. The normalized spacial score (nSPS) is 13.2. The van der Waals surface area contributed by atoms with Gasteiger partial charge in [0.25, 0.3) is 5.91 Å². The maximum absolute atomic E-state index is 12.5. The molecule has 0 radical (unpaired) electrons. The van der Waals surface area contributed by atoms with Gasteiger partial charge in [0.05, 0.1) is 24.3 Å². The summed E-state index contributed by atoms with van der Waals surface area (Å²) in [5, 5.41) is 9.38. The van der Waals surface area contributed by atoms with Gasteiger partial charge >= 0.3 is 5.97 Å². The summed E-state index contributed by atoms with van der Waals surface area (Å²) >= 11 is 0. The van der Waals surface area contributed by atoms with E-state index in [-0.39, 0.29) is 30.4 Å². The SMILES string of the molecule is Cc1ccc(Cn2cncc2CN2C(=O)COc3c(C(=O)O)cccc32)cc1. The molecule has 0 fully saturated rings. The summed E-state index contributed by atoms with van der Waals surface area (Å²) in [5.74, 6) is -1.09. The number of imidazole rings is 1. The summed E-state index contributed by atoms with van der Waals surface area (Å²) in [6.07, 6.45) is 3.45. The van der Waals surface area contributed by atoms with E-state index < -0.39 is 5.97 Å². The van der Waals surface area contributed by atoms with Crippen molar-refractivity contribution in [3.05, 3.63) is 77.4 Å². The van der Waals surface area contributed by atoms with E-state index in [1.54, 1.807) is 29.6 Å². The van der Waals surface area contributed by atoms with Crippen LogP contribution in [0.25, 0.3) is 0 Å². The fourth-order valence-electron chi connectivity index (χ4n) is 3.25. The zero-order valence-electron chi connectivity index (χ0n) is 15.3. The highest BCUT2D eigenvalue weighted by Gasteiger charge is 2.29. The van der Waals surface area contributed by atoms with Gasteiger partial charge in [-0.15, -0.1) is 0 Å². The summed E-state index contributed by atoms with van der Waals surface area (Å²) in [7, 11) is 0. The van der Waals surface area contributed by atoms with Crippen molar-refractivity contribution in [1.29, 1.82) is 0 Å². The Morgan fingerprint density at radius 3 is 2.71 bits per heavy atom. The molecule has 28 heavy (non-hydrogen) atoms. The van der Waals surface area contributed by atoms with Crippen molar-refractivity contribution in [3.8, 4) is 5.75 Å². The summed E-state index contributed by atoms with van der Waals surface area (Å²) in [5.41, 5.74) is 3.68. The molecule has 3 aromatic rings. The highest BCUT2D eigenvalue weighted by Crippen LogP contribution is 2.36. The van der Waals surface area contributed by atoms with E-state index in [1.807, 2.05) is 11.5 Å². The lowest BCUT2D eigenvalue weighted by Crippen LogP contribution is -2.39. The van der Waals surface area contributed by atoms with E-state index in [0.29, 0.717) is 12.2 Å². The number of benzene rings is 2. The lowest BCUT2D eigenvalue weighted by molar-refractivity contribution is -0.121. The number of amides is 1. The molecule has 7 heteroatoms. The van der Waals surface area contributed by atoms with Gasteiger partial charge in [-0.25, -0.2) is 9.78 Å². The number of ether oxygens (including phenoxy) is 1. The minimum absolute atomic E-state index is 0.0446. The number of aryl methyl sites for hydroxylation is 1. The van der Waals surface area contributed by atoms with Gasteiger partial charge < -0.3 is 14.4 Å². The van der Waals surface area contributed by atoms with E-state index in [9.17, 15) is 14.7 Å². The molecule has 0 saturated carbocycles. The summed E-state index contributed by atoms with van der Waals surface area (Å²) in [4.78, 5) is 29.7. The number of para-hydroxylation sites is 1. The molecule has 0 bridgehead atoms. The van der Waals surface area contributed by atoms with E-state index >= 15 is 0 Å². The number of aromatic nitrogens is 2. The zero-order chi connectivity index (χ0) is 19.7. The van der Waals surface area contributed by atoms with Crippen molar-refractivity contribution in [1.82, 2.24) is 9.55 Å². The highest BCUT2D eigenvalue weighted by molar-refractivity contribution is 6.02. The maximum Gasteiger partial charge on any atom is 0.339 e. The Hall–Kier alpha value is -3.61. The summed E-state index contributed by atoms with van der Waals surface area (Å²) < 4.78 is 7.40. The van der Waals surface area contributed by atoms with Crippen LogP contribution >= 0.6 is 0 Å². The van der Waals surface area contributed by atoms with Crippen molar-refractivity contribution >= 4 is 17.6 Å². The minimum Gasteiger partial charge on any atom is -0.481 e. The number of anilines is 1. The van der Waals surface area contributed by atoms with Gasteiger partial charge in [-0.2, -0.15) is 0 Å². The van der Waals surface area contributed by atoms with Crippen LogP contribution in [-0.2, 0) is 17.9 Å². The molecule has 0 aliphatic carbocycles. The smallest absolute Gasteiger partial charge is 0.339 e. The number of nitrogens with zero attached hydrogens (tertiary/aromatic N) is 3. The largest absolute Gasteiger partial charge is 0.481 e. The second kappa shape index (κ2) is 7.19. The quantitative estimate of drug-likeness (QED) is 0.739. The number of hydrogen-bond donors (Lipinski definition) is 1. The van der Waals surface area contributed by atoms with Gasteiger partial charge in [-0.05, 0) is 24.6 Å². The van der Waals surface area contributed by atoms with Crippen LogP contribution in [0.5, 0.6) is 5.75 Å². The van der Waals surface area contributed by atoms with Gasteiger partial charge in [0, 0.05) is 12.7 Å². The third kappa shape index (κ3) is 3.34. The van der Waals surface area contributed by atoms with Crippen LogP contribution in [-0.4, -0.2) is 33.1 Å². The molecule has 1 aromatic heterocycles. The van der Waals surface area contributed by atoms with E-state index in [4.69, 9.17) is 4.74 Å². The monoisotopic (exact) mass is 377 g/mol. The van der Waals surface area contributed by atoms with Crippen molar-refractivity contribution in [2.45, 2.75) is 20.0 Å². The molecule has 0 unspecified atom stereocenters. The van der Waals surface area contributed by atoms with E-state index in [1.165, 1.54) is 11.6 Å². The molecule has 4 rings (SSSR count). The first-order valence-electron chi connectivity index (χ1n) is 8.87. The Bertz CT molecular complexity index is 1040. The molecular formula is C21H19N3O4. The first kappa shape index (κ1) is 17.8. The van der Waals surface area contributed by atoms with Crippen LogP contribution in [0, 0.1) is 6.92 Å². The Kier molecular flexibility index (Phi) is 4.57. The Morgan fingerprint density at radius 1 is 1.18 bits per heavy atom. The average Bonchev–Trinajstić information content (AvgIpc) is 3.12. The minimum atomic E-state index is -1.09. The predicted molar refractivity (Wildman–Crippen MR) is 103 cm³/mol. The van der Waals surface area contributed by atoms with Crippen LogP contribution < -0.4 is 9.64 Å². The third-order valence-electron chi connectivity index (χ3n) is 4.75. The van der Waals surface area contributed by atoms with Gasteiger partial charge in [-0.1, -0.05) is 35.9 Å². The van der Waals surface area contributed by atoms with E-state index in [2.05, 4.69) is 29.2 Å². The van der Waals surface area contributed by atoms with Crippen LogP contribution in [0.15, 0.2) is 55.0 Å². The number of aromatic carboxylic acids is 1. The number of carbonyl (C=O) groups excluding carboxylic acids is 1.